The van der Waals surface area contributed by atoms with Gasteiger partial charge in [0.1, 0.15) is 12.4 Å². The van der Waals surface area contributed by atoms with Gasteiger partial charge in [0.15, 0.2) is 0 Å². The van der Waals surface area contributed by atoms with Crippen molar-refractivity contribution >= 4 is 6.41 Å². The van der Waals surface area contributed by atoms with Gasteiger partial charge in [0.05, 0.1) is 12.6 Å². The van der Waals surface area contributed by atoms with E-state index in [1.807, 2.05) is 61.5 Å². The van der Waals surface area contributed by atoms with Crippen molar-refractivity contribution in [3.8, 4) is 5.75 Å². The molecule has 1 unspecified atom stereocenters. The Kier molecular flexibility index (Phi) is 9.16. The fourth-order valence-electron chi connectivity index (χ4n) is 2.86. The first-order chi connectivity index (χ1) is 13.9. The molecule has 0 heterocycles. The average Bonchev–Trinajstić information content (AvgIpc) is 2.69. The lowest BCUT2D eigenvalue weighted by Gasteiger charge is -2.24. The van der Waals surface area contributed by atoms with Gasteiger partial charge < -0.3 is 10.1 Å². The Hall–Kier alpha value is -2.37. The highest BCUT2D eigenvalue weighted by Crippen LogP contribution is 2.16. The Morgan fingerprint density at radius 3 is 2.34 bits per heavy atom. The summed E-state index contributed by atoms with van der Waals surface area (Å²) in [5.41, 5.74) is 2.30. The van der Waals surface area contributed by atoms with E-state index in [9.17, 15) is 4.79 Å². The number of hydrogen-bond acceptors (Lipinski definition) is 4. The molecule has 0 fully saturated rings. The van der Waals surface area contributed by atoms with E-state index in [-0.39, 0.29) is 11.6 Å². The van der Waals surface area contributed by atoms with Crippen molar-refractivity contribution in [2.24, 2.45) is 0 Å². The van der Waals surface area contributed by atoms with Gasteiger partial charge >= 0.3 is 0 Å². The predicted octanol–water partition coefficient (Wildman–Crippen LogP) is 4.36. The third-order valence-electron chi connectivity index (χ3n) is 4.46. The predicted molar refractivity (Wildman–Crippen MR) is 117 cm³/mol. The highest BCUT2D eigenvalue weighted by atomic mass is 16.7. The number of hydroxylamine groups is 2. The molecule has 2 aromatic rings. The zero-order valence-electron chi connectivity index (χ0n) is 18.1. The number of amides is 1. The minimum Gasteiger partial charge on any atom is -0.494 e. The maximum absolute atomic E-state index is 11.4. The van der Waals surface area contributed by atoms with Crippen LogP contribution in [0.3, 0.4) is 0 Å². The average molecular weight is 399 g/mol. The molecule has 5 nitrogen and oxygen atoms in total. The van der Waals surface area contributed by atoms with Gasteiger partial charge in [-0.15, -0.1) is 0 Å². The van der Waals surface area contributed by atoms with Crippen LogP contribution in [0.4, 0.5) is 0 Å². The summed E-state index contributed by atoms with van der Waals surface area (Å²) < 4.78 is 5.81. The maximum atomic E-state index is 11.4. The molecule has 5 heteroatoms. The highest BCUT2D eigenvalue weighted by Gasteiger charge is 2.14. The van der Waals surface area contributed by atoms with Crippen molar-refractivity contribution in [3.05, 3.63) is 65.7 Å². The van der Waals surface area contributed by atoms with E-state index in [1.54, 1.807) is 0 Å². The molecule has 0 spiro atoms. The van der Waals surface area contributed by atoms with E-state index in [0.717, 1.165) is 36.3 Å². The summed E-state index contributed by atoms with van der Waals surface area (Å²) in [5.74, 6) is 0.865. The molecular formula is C24H34N2O3. The largest absolute Gasteiger partial charge is 0.494 e. The molecule has 1 atom stereocenters. The number of hydrogen-bond donors (Lipinski definition) is 1. The third kappa shape index (κ3) is 9.11. The van der Waals surface area contributed by atoms with Gasteiger partial charge in [-0.1, -0.05) is 42.5 Å². The van der Waals surface area contributed by atoms with Crippen LogP contribution in [-0.4, -0.2) is 36.2 Å². The van der Waals surface area contributed by atoms with Crippen molar-refractivity contribution < 1.29 is 14.4 Å². The first kappa shape index (κ1) is 22.9. The molecule has 0 radical (unpaired) electrons. The lowest BCUT2D eigenvalue weighted by atomic mass is 10.1. The molecular weight excluding hydrogens is 364 g/mol. The zero-order valence-corrected chi connectivity index (χ0v) is 18.1. The topological polar surface area (TPSA) is 50.8 Å². The smallest absolute Gasteiger partial charge is 0.233 e. The van der Waals surface area contributed by atoms with Gasteiger partial charge in [-0.25, -0.2) is 5.06 Å². The molecule has 0 aromatic heterocycles. The fourth-order valence-corrected chi connectivity index (χ4v) is 2.86. The van der Waals surface area contributed by atoms with Crippen LogP contribution in [0.1, 0.15) is 45.2 Å². The van der Waals surface area contributed by atoms with E-state index in [2.05, 4.69) is 26.1 Å². The molecule has 0 bridgehead atoms. The summed E-state index contributed by atoms with van der Waals surface area (Å²) in [6.45, 7) is 10.4. The molecule has 1 amide bonds. The first-order valence-electron chi connectivity index (χ1n) is 10.2. The van der Waals surface area contributed by atoms with Gasteiger partial charge in [0.25, 0.3) is 0 Å². The SMILES string of the molecule is CC(Cc1ccc(OCCCNC(C)(C)C)cc1)N(C=O)OCc1ccccc1. The Morgan fingerprint density at radius 2 is 1.72 bits per heavy atom. The number of nitrogens with one attached hydrogen (secondary N) is 1. The first-order valence-corrected chi connectivity index (χ1v) is 10.2. The van der Waals surface area contributed by atoms with Crippen molar-refractivity contribution in [2.45, 2.75) is 58.7 Å². The Bertz CT molecular complexity index is 711. The molecule has 0 aliphatic carbocycles. The second kappa shape index (κ2) is 11.6. The summed E-state index contributed by atoms with van der Waals surface area (Å²) in [4.78, 5) is 17.1. The molecule has 2 aromatic carbocycles. The van der Waals surface area contributed by atoms with Crippen molar-refractivity contribution in [3.63, 3.8) is 0 Å². The second-order valence-electron chi connectivity index (χ2n) is 8.30. The number of benzene rings is 2. The zero-order chi connectivity index (χ0) is 21.1. The fraction of sp³-hybridized carbons (Fsp3) is 0.458. The highest BCUT2D eigenvalue weighted by molar-refractivity contribution is 5.46. The van der Waals surface area contributed by atoms with Crippen molar-refractivity contribution in [1.29, 1.82) is 0 Å². The van der Waals surface area contributed by atoms with E-state index < -0.39 is 0 Å². The summed E-state index contributed by atoms with van der Waals surface area (Å²) in [6.07, 6.45) is 2.42. The van der Waals surface area contributed by atoms with Crippen LogP contribution in [0.2, 0.25) is 0 Å². The molecule has 158 valence electrons. The lowest BCUT2D eigenvalue weighted by Crippen LogP contribution is -2.36. The lowest BCUT2D eigenvalue weighted by molar-refractivity contribution is -0.190. The molecule has 0 saturated heterocycles. The third-order valence-corrected chi connectivity index (χ3v) is 4.46. The molecule has 29 heavy (non-hydrogen) atoms. The van der Waals surface area contributed by atoms with Crippen LogP contribution in [0.15, 0.2) is 54.6 Å². The van der Waals surface area contributed by atoms with E-state index in [4.69, 9.17) is 9.57 Å². The van der Waals surface area contributed by atoms with Crippen LogP contribution >= 0.6 is 0 Å². The number of nitrogens with zero attached hydrogens (tertiary/aromatic N) is 1. The van der Waals surface area contributed by atoms with Crippen LogP contribution in [0.5, 0.6) is 5.75 Å². The van der Waals surface area contributed by atoms with Gasteiger partial charge in [0, 0.05) is 5.54 Å². The normalized spacial score (nSPS) is 12.4. The summed E-state index contributed by atoms with van der Waals surface area (Å²) in [5, 5.41) is 4.84. The van der Waals surface area contributed by atoms with Gasteiger partial charge in [-0.3, -0.25) is 9.63 Å². The van der Waals surface area contributed by atoms with E-state index in [0.29, 0.717) is 19.6 Å². The van der Waals surface area contributed by atoms with Crippen molar-refractivity contribution in [2.75, 3.05) is 13.2 Å². The minimum atomic E-state index is -0.0635. The minimum absolute atomic E-state index is 0.0635. The summed E-state index contributed by atoms with van der Waals surface area (Å²) >= 11 is 0. The quantitative estimate of drug-likeness (QED) is 0.328. The maximum Gasteiger partial charge on any atom is 0.233 e. The summed E-state index contributed by atoms with van der Waals surface area (Å²) in [6, 6.07) is 17.8. The van der Waals surface area contributed by atoms with Crippen LogP contribution in [0.25, 0.3) is 0 Å². The number of rotatable bonds is 12. The monoisotopic (exact) mass is 398 g/mol. The number of ether oxygens (including phenoxy) is 1. The summed E-state index contributed by atoms with van der Waals surface area (Å²) in [7, 11) is 0. The number of carbonyl (C=O) groups excluding carboxylic acids is 1. The molecule has 0 aliphatic rings. The molecule has 1 N–H and O–H groups in total. The van der Waals surface area contributed by atoms with Gasteiger partial charge in [-0.05, 0) is 70.3 Å². The molecule has 0 aliphatic heterocycles. The van der Waals surface area contributed by atoms with Crippen LogP contribution in [-0.2, 0) is 22.7 Å². The van der Waals surface area contributed by atoms with E-state index in [1.165, 1.54) is 5.06 Å². The molecule has 0 saturated carbocycles. The van der Waals surface area contributed by atoms with Crippen molar-refractivity contribution in [1.82, 2.24) is 10.4 Å². The van der Waals surface area contributed by atoms with E-state index >= 15 is 0 Å². The van der Waals surface area contributed by atoms with Gasteiger partial charge in [0.2, 0.25) is 6.41 Å². The Labute approximate surface area is 175 Å². The Balaban J connectivity index is 1.74. The standard InChI is InChI=1S/C24H34N2O3/c1-20(26(19-27)29-18-22-9-6-5-7-10-22)17-21-11-13-23(14-12-21)28-16-8-15-25-24(2,3)4/h5-7,9-14,19-20,25H,8,15-18H2,1-4H3. The van der Waals surface area contributed by atoms with Gasteiger partial charge in [-0.2, -0.15) is 0 Å². The van der Waals surface area contributed by atoms with Crippen LogP contribution in [0, 0.1) is 0 Å². The number of carbonyl (C=O) groups is 1. The Morgan fingerprint density at radius 1 is 1.03 bits per heavy atom. The molecule has 2 rings (SSSR count). The second-order valence-corrected chi connectivity index (χ2v) is 8.30. The van der Waals surface area contributed by atoms with Crippen LogP contribution < -0.4 is 10.1 Å².